The summed E-state index contributed by atoms with van der Waals surface area (Å²) in [6.45, 7) is 8.16. The van der Waals surface area contributed by atoms with E-state index in [0.717, 1.165) is 74.0 Å². The number of aromatic nitrogens is 3. The summed E-state index contributed by atoms with van der Waals surface area (Å²) in [4.78, 5) is 26.9. The third-order valence-electron chi connectivity index (χ3n) is 8.28. The molecular weight excluding hydrogens is 559 g/mol. The van der Waals surface area contributed by atoms with Crippen LogP contribution in [0.1, 0.15) is 40.3 Å². The SMILES string of the molecule is Cc1ccc2c(N3CCN(CCc4cccc5c4OCc4c(C(=O)NCC6CC6)ncn4-5)CC3)cccc2n1.Cl.Cl. The number of para-hydroxylation sites is 1. The Balaban J connectivity index is 0.00000169. The first-order chi connectivity index (χ1) is 19.1. The van der Waals surface area contributed by atoms with Crippen molar-refractivity contribution < 1.29 is 9.53 Å². The van der Waals surface area contributed by atoms with E-state index in [1.54, 1.807) is 6.33 Å². The van der Waals surface area contributed by atoms with Gasteiger partial charge in [-0.1, -0.05) is 18.2 Å². The Kier molecular flexibility index (Phi) is 8.73. The van der Waals surface area contributed by atoms with Crippen molar-refractivity contribution in [3.05, 3.63) is 77.5 Å². The van der Waals surface area contributed by atoms with Gasteiger partial charge >= 0.3 is 0 Å². The van der Waals surface area contributed by atoms with Gasteiger partial charge in [-0.3, -0.25) is 19.2 Å². The van der Waals surface area contributed by atoms with E-state index >= 15 is 0 Å². The van der Waals surface area contributed by atoms with Crippen molar-refractivity contribution in [1.82, 2.24) is 24.8 Å². The molecule has 41 heavy (non-hydrogen) atoms. The Morgan fingerprint density at radius 2 is 1.78 bits per heavy atom. The maximum Gasteiger partial charge on any atom is 0.271 e. The molecule has 7 rings (SSSR count). The molecule has 2 aliphatic heterocycles. The largest absolute Gasteiger partial charge is 0.485 e. The lowest BCUT2D eigenvalue weighted by Crippen LogP contribution is -2.47. The molecule has 2 aromatic heterocycles. The zero-order chi connectivity index (χ0) is 26.3. The molecule has 10 heteroatoms. The average molecular weight is 596 g/mol. The zero-order valence-electron chi connectivity index (χ0n) is 23.2. The first-order valence-electron chi connectivity index (χ1n) is 14.1. The van der Waals surface area contributed by atoms with Crippen molar-refractivity contribution in [3.8, 4) is 11.4 Å². The number of piperazine rings is 1. The van der Waals surface area contributed by atoms with Crippen molar-refractivity contribution >= 4 is 47.3 Å². The fourth-order valence-electron chi connectivity index (χ4n) is 5.82. The number of rotatable bonds is 7. The summed E-state index contributed by atoms with van der Waals surface area (Å²) in [7, 11) is 0. The lowest BCUT2D eigenvalue weighted by Gasteiger charge is -2.36. The molecule has 2 fully saturated rings. The number of nitrogens with zero attached hydrogens (tertiary/aromatic N) is 5. The molecule has 0 atom stereocenters. The molecule has 1 amide bonds. The minimum absolute atomic E-state index is 0. The van der Waals surface area contributed by atoms with E-state index < -0.39 is 0 Å². The Hall–Kier alpha value is -3.33. The number of aryl methyl sites for hydroxylation is 1. The fourth-order valence-corrected chi connectivity index (χ4v) is 5.82. The van der Waals surface area contributed by atoms with Crippen molar-refractivity contribution in [2.45, 2.75) is 32.8 Å². The highest BCUT2D eigenvalue weighted by molar-refractivity contribution is 5.94. The Bertz CT molecular complexity index is 1550. The van der Waals surface area contributed by atoms with Crippen LogP contribution in [0.4, 0.5) is 5.69 Å². The van der Waals surface area contributed by atoms with Crippen LogP contribution in [0, 0.1) is 12.8 Å². The van der Waals surface area contributed by atoms with Gasteiger partial charge in [-0.25, -0.2) is 4.98 Å². The molecule has 2 aromatic carbocycles. The zero-order valence-corrected chi connectivity index (χ0v) is 24.8. The molecule has 8 nitrogen and oxygen atoms in total. The van der Waals surface area contributed by atoms with Crippen LogP contribution >= 0.6 is 24.8 Å². The van der Waals surface area contributed by atoms with E-state index in [1.165, 1.54) is 29.5 Å². The van der Waals surface area contributed by atoms with Crippen LogP contribution in [-0.4, -0.2) is 64.6 Å². The second-order valence-electron chi connectivity index (χ2n) is 11.0. The van der Waals surface area contributed by atoms with E-state index in [4.69, 9.17) is 9.72 Å². The number of hydrogen-bond acceptors (Lipinski definition) is 6. The molecular formula is C31H36Cl2N6O2. The van der Waals surface area contributed by atoms with Crippen molar-refractivity contribution in [2.75, 3.05) is 44.2 Å². The molecule has 4 aromatic rings. The van der Waals surface area contributed by atoms with Gasteiger partial charge in [0.1, 0.15) is 18.7 Å². The van der Waals surface area contributed by atoms with Crippen molar-refractivity contribution in [2.24, 2.45) is 5.92 Å². The van der Waals surface area contributed by atoms with Gasteiger partial charge in [-0.2, -0.15) is 0 Å². The molecule has 1 saturated carbocycles. The van der Waals surface area contributed by atoms with Crippen LogP contribution in [0.2, 0.25) is 0 Å². The number of ether oxygens (including phenoxy) is 1. The number of anilines is 1. The third kappa shape index (κ3) is 5.87. The first kappa shape index (κ1) is 29.2. The number of benzene rings is 2. The highest BCUT2D eigenvalue weighted by atomic mass is 35.5. The number of pyridine rings is 1. The molecule has 216 valence electrons. The third-order valence-corrected chi connectivity index (χ3v) is 8.28. The van der Waals surface area contributed by atoms with Crippen LogP contribution in [0.15, 0.2) is 54.9 Å². The van der Waals surface area contributed by atoms with Gasteiger partial charge in [0.05, 0.1) is 16.9 Å². The number of fused-ring (bicyclic) bond motifs is 4. The summed E-state index contributed by atoms with van der Waals surface area (Å²) in [5.74, 6) is 1.44. The number of carbonyl (C=O) groups is 1. The molecule has 1 aliphatic carbocycles. The average Bonchev–Trinajstić information content (AvgIpc) is 3.70. The van der Waals surface area contributed by atoms with Crippen molar-refractivity contribution in [3.63, 3.8) is 0 Å². The van der Waals surface area contributed by atoms with Crippen LogP contribution < -0.4 is 15.0 Å². The van der Waals surface area contributed by atoms with Crippen molar-refractivity contribution in [1.29, 1.82) is 0 Å². The van der Waals surface area contributed by atoms with Gasteiger partial charge in [0.15, 0.2) is 5.69 Å². The highest BCUT2D eigenvalue weighted by Gasteiger charge is 2.28. The standard InChI is InChI=1S/C31H34N6O2.2ClH/c1-21-8-11-24-25(34-21)5-3-6-26(24)36-16-14-35(15-17-36)13-12-23-4-2-7-27-30(23)39-19-28-29(33-20-37(27)28)31(38)32-18-22-9-10-22;;/h2-8,11,20,22H,9-10,12-19H2,1H3,(H,32,38);2*1H. The predicted molar refractivity (Wildman–Crippen MR) is 166 cm³/mol. The molecule has 3 aliphatic rings. The Morgan fingerprint density at radius 3 is 2.59 bits per heavy atom. The minimum atomic E-state index is -0.104. The fraction of sp³-hybridized carbons (Fsp3) is 0.387. The van der Waals surface area contributed by atoms with Crippen LogP contribution in [0.3, 0.4) is 0 Å². The summed E-state index contributed by atoms with van der Waals surface area (Å²) in [6.07, 6.45) is 5.09. The van der Waals surface area contributed by atoms with Gasteiger partial charge in [0.2, 0.25) is 0 Å². The van der Waals surface area contributed by atoms with Crippen LogP contribution in [0.25, 0.3) is 16.6 Å². The summed E-state index contributed by atoms with van der Waals surface area (Å²) in [5.41, 5.74) is 6.86. The van der Waals surface area contributed by atoms with Gasteiger partial charge in [-0.15, -0.1) is 24.8 Å². The lowest BCUT2D eigenvalue weighted by molar-refractivity contribution is 0.0944. The quantitative estimate of drug-likeness (QED) is 0.325. The maximum atomic E-state index is 12.7. The monoisotopic (exact) mass is 594 g/mol. The second kappa shape index (κ2) is 12.3. The summed E-state index contributed by atoms with van der Waals surface area (Å²) < 4.78 is 8.28. The van der Waals surface area contributed by atoms with Crippen LogP contribution in [-0.2, 0) is 13.0 Å². The van der Waals surface area contributed by atoms with E-state index in [2.05, 4.69) is 62.6 Å². The maximum absolute atomic E-state index is 12.7. The summed E-state index contributed by atoms with van der Waals surface area (Å²) >= 11 is 0. The molecule has 0 spiro atoms. The topological polar surface area (TPSA) is 75.5 Å². The molecule has 4 heterocycles. The van der Waals surface area contributed by atoms with E-state index in [1.807, 2.05) is 17.6 Å². The minimum Gasteiger partial charge on any atom is -0.485 e. The Labute approximate surface area is 252 Å². The Morgan fingerprint density at radius 1 is 1.00 bits per heavy atom. The predicted octanol–water partition coefficient (Wildman–Crippen LogP) is 4.97. The number of carbonyl (C=O) groups excluding carboxylic acids is 1. The molecule has 0 radical (unpaired) electrons. The summed E-state index contributed by atoms with van der Waals surface area (Å²) in [6, 6.07) is 17.0. The molecule has 0 unspecified atom stereocenters. The van der Waals surface area contributed by atoms with Crippen LogP contribution in [0.5, 0.6) is 5.75 Å². The molecule has 0 bridgehead atoms. The van der Waals surface area contributed by atoms with E-state index in [9.17, 15) is 4.79 Å². The number of imidazole rings is 1. The smallest absolute Gasteiger partial charge is 0.271 e. The second-order valence-corrected chi connectivity index (χ2v) is 11.0. The number of nitrogens with one attached hydrogen (secondary N) is 1. The number of amides is 1. The molecule has 1 saturated heterocycles. The summed E-state index contributed by atoms with van der Waals surface area (Å²) in [5, 5.41) is 4.26. The van der Waals surface area contributed by atoms with Gasteiger partial charge in [0, 0.05) is 56.0 Å². The van der Waals surface area contributed by atoms with E-state index in [0.29, 0.717) is 18.2 Å². The molecule has 1 N–H and O–H groups in total. The van der Waals surface area contributed by atoms with E-state index in [-0.39, 0.29) is 30.7 Å². The van der Waals surface area contributed by atoms with Gasteiger partial charge in [0.25, 0.3) is 5.91 Å². The van der Waals surface area contributed by atoms with Gasteiger partial charge < -0.3 is 15.0 Å². The lowest BCUT2D eigenvalue weighted by atomic mass is 10.1. The number of hydrogen-bond donors (Lipinski definition) is 1. The number of halogens is 2. The van der Waals surface area contributed by atoms with Gasteiger partial charge in [-0.05, 0) is 68.0 Å². The first-order valence-corrected chi connectivity index (χ1v) is 14.1. The highest BCUT2D eigenvalue weighted by Crippen LogP contribution is 2.35. The normalized spacial score (nSPS) is 16.2.